The first-order valence-electron chi connectivity index (χ1n) is 8.69. The highest BCUT2D eigenvalue weighted by atomic mass is 32.1. The number of imidazole rings is 1. The fourth-order valence-electron chi connectivity index (χ4n) is 3.51. The van der Waals surface area contributed by atoms with E-state index < -0.39 is 0 Å². The summed E-state index contributed by atoms with van der Waals surface area (Å²) in [6.07, 6.45) is 3.49. The molecule has 3 heterocycles. The molecule has 0 fully saturated rings. The van der Waals surface area contributed by atoms with Crippen molar-refractivity contribution in [1.29, 1.82) is 0 Å². The number of hydrogen-bond acceptors (Lipinski definition) is 3. The first-order chi connectivity index (χ1) is 12.3. The number of hydrogen-bond donors (Lipinski definition) is 1. The Balaban J connectivity index is 1.32. The largest absolute Gasteiger partial charge is 0.341 e. The van der Waals surface area contributed by atoms with Crippen LogP contribution < -0.4 is 0 Å². The number of nitrogens with one attached hydrogen (secondary N) is 1. The van der Waals surface area contributed by atoms with E-state index in [1.54, 1.807) is 0 Å². The Labute approximate surface area is 150 Å². The Morgan fingerprint density at radius 2 is 1.96 bits per heavy atom. The van der Waals surface area contributed by atoms with Crippen molar-refractivity contribution in [3.63, 3.8) is 0 Å². The number of nitrogens with zero attached hydrogens (tertiary/aromatic N) is 2. The van der Waals surface area contributed by atoms with Crippen LogP contribution in [0.25, 0.3) is 26.7 Å². The standard InChI is InChI=1S/C21H19N3S/c1-4-8-19-16(5-1)13-20(25-19)15-9-11-24(12-10-15)14-21-22-17-6-2-3-7-18(17)23-21/h1-9,13H,10-12,14H2,(H,22,23). The smallest absolute Gasteiger partial charge is 0.121 e. The van der Waals surface area contributed by atoms with Crippen LogP contribution in [-0.2, 0) is 6.54 Å². The summed E-state index contributed by atoms with van der Waals surface area (Å²) in [7, 11) is 0. The van der Waals surface area contributed by atoms with Crippen LogP contribution in [0.3, 0.4) is 0 Å². The van der Waals surface area contributed by atoms with Gasteiger partial charge < -0.3 is 4.98 Å². The predicted molar refractivity (Wildman–Crippen MR) is 106 cm³/mol. The van der Waals surface area contributed by atoms with Gasteiger partial charge in [-0.2, -0.15) is 0 Å². The van der Waals surface area contributed by atoms with Gasteiger partial charge in [0.05, 0.1) is 17.6 Å². The molecule has 0 radical (unpaired) electrons. The van der Waals surface area contributed by atoms with Crippen LogP contribution in [0.2, 0.25) is 0 Å². The van der Waals surface area contributed by atoms with Gasteiger partial charge in [0.15, 0.2) is 0 Å². The van der Waals surface area contributed by atoms with Crippen molar-refractivity contribution in [2.45, 2.75) is 13.0 Å². The molecule has 1 aliphatic rings. The maximum absolute atomic E-state index is 4.70. The van der Waals surface area contributed by atoms with Gasteiger partial charge in [-0.25, -0.2) is 4.98 Å². The monoisotopic (exact) mass is 345 g/mol. The third kappa shape index (κ3) is 2.88. The van der Waals surface area contributed by atoms with Crippen molar-refractivity contribution in [1.82, 2.24) is 14.9 Å². The summed E-state index contributed by atoms with van der Waals surface area (Å²) in [6, 6.07) is 19.2. The molecule has 2 aromatic heterocycles. The Kier molecular flexibility index (Phi) is 3.65. The highest BCUT2D eigenvalue weighted by Gasteiger charge is 2.16. The molecule has 0 saturated carbocycles. The topological polar surface area (TPSA) is 31.9 Å². The molecule has 4 heteroatoms. The second kappa shape index (κ2) is 6.14. The molecule has 0 atom stereocenters. The minimum atomic E-state index is 0.880. The van der Waals surface area contributed by atoms with Crippen molar-refractivity contribution >= 4 is 38.0 Å². The maximum atomic E-state index is 4.70. The number of para-hydroxylation sites is 2. The molecule has 2 aromatic carbocycles. The van der Waals surface area contributed by atoms with Gasteiger partial charge in [-0.1, -0.05) is 36.4 Å². The Morgan fingerprint density at radius 1 is 1.08 bits per heavy atom. The zero-order valence-corrected chi connectivity index (χ0v) is 14.7. The predicted octanol–water partition coefficient (Wildman–Crippen LogP) is 5.07. The van der Waals surface area contributed by atoms with Gasteiger partial charge in [-0.05, 0) is 41.6 Å². The summed E-state index contributed by atoms with van der Waals surface area (Å²) in [6.45, 7) is 2.95. The molecule has 3 nitrogen and oxygen atoms in total. The average molecular weight is 345 g/mol. The number of fused-ring (bicyclic) bond motifs is 2. The van der Waals surface area contributed by atoms with Gasteiger partial charge in [0.25, 0.3) is 0 Å². The summed E-state index contributed by atoms with van der Waals surface area (Å²) in [5.41, 5.74) is 3.66. The van der Waals surface area contributed by atoms with Crippen molar-refractivity contribution in [2.24, 2.45) is 0 Å². The third-order valence-electron chi connectivity index (χ3n) is 4.85. The number of rotatable bonds is 3. The molecule has 0 amide bonds. The van der Waals surface area contributed by atoms with Crippen LogP contribution in [0.15, 0.2) is 60.7 Å². The fraction of sp³-hybridized carbons (Fsp3) is 0.190. The minimum absolute atomic E-state index is 0.880. The zero-order chi connectivity index (χ0) is 16.6. The zero-order valence-electron chi connectivity index (χ0n) is 13.9. The number of aromatic amines is 1. The highest BCUT2D eigenvalue weighted by molar-refractivity contribution is 7.20. The Hall–Kier alpha value is -2.43. The third-order valence-corrected chi connectivity index (χ3v) is 6.04. The van der Waals surface area contributed by atoms with Gasteiger partial charge in [0.2, 0.25) is 0 Å². The normalized spacial score (nSPS) is 15.8. The lowest BCUT2D eigenvalue weighted by Gasteiger charge is -2.25. The van der Waals surface area contributed by atoms with Crippen LogP contribution in [0.4, 0.5) is 0 Å². The van der Waals surface area contributed by atoms with Gasteiger partial charge in [-0.3, -0.25) is 4.90 Å². The van der Waals surface area contributed by atoms with Crippen molar-refractivity contribution in [3.05, 3.63) is 71.4 Å². The number of benzene rings is 2. The van der Waals surface area contributed by atoms with Crippen molar-refractivity contribution in [3.8, 4) is 0 Å². The van der Waals surface area contributed by atoms with E-state index in [0.717, 1.165) is 42.9 Å². The van der Waals surface area contributed by atoms with E-state index >= 15 is 0 Å². The quantitative estimate of drug-likeness (QED) is 0.562. The molecule has 0 aliphatic carbocycles. The van der Waals surface area contributed by atoms with Crippen molar-refractivity contribution in [2.75, 3.05) is 13.1 Å². The van der Waals surface area contributed by atoms with E-state index in [0.29, 0.717) is 0 Å². The van der Waals surface area contributed by atoms with E-state index in [1.807, 2.05) is 23.5 Å². The van der Waals surface area contributed by atoms with E-state index in [9.17, 15) is 0 Å². The SMILES string of the molecule is C1=C(c2cc3ccccc3s2)CCN(Cc2nc3ccccc3[nH]2)C1. The summed E-state index contributed by atoms with van der Waals surface area (Å²) in [5, 5.41) is 1.35. The number of aromatic nitrogens is 2. The maximum Gasteiger partial charge on any atom is 0.121 e. The average Bonchev–Trinajstić information content (AvgIpc) is 3.25. The lowest BCUT2D eigenvalue weighted by atomic mass is 10.1. The summed E-state index contributed by atoms with van der Waals surface area (Å²) >= 11 is 1.91. The lowest BCUT2D eigenvalue weighted by molar-refractivity contribution is 0.288. The van der Waals surface area contributed by atoms with E-state index in [4.69, 9.17) is 4.98 Å². The molecule has 25 heavy (non-hydrogen) atoms. The van der Waals surface area contributed by atoms with Crippen LogP contribution in [0.1, 0.15) is 17.1 Å². The minimum Gasteiger partial charge on any atom is -0.341 e. The van der Waals surface area contributed by atoms with E-state index in [2.05, 4.69) is 58.4 Å². The summed E-state index contributed by atoms with van der Waals surface area (Å²) < 4.78 is 1.38. The van der Waals surface area contributed by atoms with E-state index in [-0.39, 0.29) is 0 Å². The number of thiophene rings is 1. The molecule has 0 bridgehead atoms. The second-order valence-corrected chi connectivity index (χ2v) is 7.65. The first kappa shape index (κ1) is 14.9. The van der Waals surface area contributed by atoms with Crippen molar-refractivity contribution < 1.29 is 0 Å². The van der Waals surface area contributed by atoms with Crippen LogP contribution >= 0.6 is 11.3 Å². The Bertz CT molecular complexity index is 1010. The molecular weight excluding hydrogens is 326 g/mol. The summed E-state index contributed by atoms with van der Waals surface area (Å²) in [4.78, 5) is 12.0. The van der Waals surface area contributed by atoms with E-state index in [1.165, 1.54) is 20.5 Å². The van der Waals surface area contributed by atoms with Gasteiger partial charge >= 0.3 is 0 Å². The second-order valence-electron chi connectivity index (χ2n) is 6.56. The van der Waals surface area contributed by atoms with Gasteiger partial charge in [0, 0.05) is 22.7 Å². The first-order valence-corrected chi connectivity index (χ1v) is 9.51. The van der Waals surface area contributed by atoms with Crippen LogP contribution in [-0.4, -0.2) is 28.0 Å². The van der Waals surface area contributed by atoms with Gasteiger partial charge in [0.1, 0.15) is 5.82 Å². The fourth-order valence-corrected chi connectivity index (χ4v) is 4.64. The molecule has 0 unspecified atom stereocenters. The molecule has 4 aromatic rings. The van der Waals surface area contributed by atoms with Crippen LogP contribution in [0.5, 0.6) is 0 Å². The number of H-pyrrole nitrogens is 1. The molecule has 0 saturated heterocycles. The highest BCUT2D eigenvalue weighted by Crippen LogP contribution is 2.33. The molecule has 1 aliphatic heterocycles. The molecule has 1 N–H and O–H groups in total. The Morgan fingerprint density at radius 3 is 2.80 bits per heavy atom. The molecular formula is C21H19N3S. The lowest BCUT2D eigenvalue weighted by Crippen LogP contribution is -2.28. The molecule has 5 rings (SSSR count). The van der Waals surface area contributed by atoms with Gasteiger partial charge in [-0.15, -0.1) is 11.3 Å². The van der Waals surface area contributed by atoms with Crippen LogP contribution in [0, 0.1) is 0 Å². The molecule has 124 valence electrons. The summed E-state index contributed by atoms with van der Waals surface area (Å²) in [5.74, 6) is 1.06. The molecule has 0 spiro atoms.